The molecule has 21 heavy (non-hydrogen) atoms. The fourth-order valence-corrected chi connectivity index (χ4v) is 2.84. The van der Waals surface area contributed by atoms with Gasteiger partial charge in [0, 0.05) is 17.8 Å². The average molecular weight is 314 g/mol. The van der Waals surface area contributed by atoms with Crippen LogP contribution in [0.4, 0.5) is 0 Å². The number of unbranched alkanes of at least 4 members (excludes halogenated alkanes) is 1. The number of aliphatic hydroxyl groups excluding tert-OH is 1. The van der Waals surface area contributed by atoms with Gasteiger partial charge in [0.2, 0.25) is 0 Å². The first-order chi connectivity index (χ1) is 10.1. The lowest BCUT2D eigenvalue weighted by atomic mass is 10.1. The molecule has 4 nitrogen and oxygen atoms in total. The fraction of sp³-hybridized carbons (Fsp3) is 0.812. The summed E-state index contributed by atoms with van der Waals surface area (Å²) in [5, 5.41) is 13.1. The molecule has 0 aliphatic rings. The highest BCUT2D eigenvalue weighted by molar-refractivity contribution is 7.09. The summed E-state index contributed by atoms with van der Waals surface area (Å²) in [6.07, 6.45) is 4.18. The van der Waals surface area contributed by atoms with Gasteiger partial charge in [0.15, 0.2) is 0 Å². The maximum absolute atomic E-state index is 9.81. The molecular weight excluding hydrogens is 284 g/mol. The third-order valence-corrected chi connectivity index (χ3v) is 4.39. The number of aryl methyl sites for hydroxylation is 1. The monoisotopic (exact) mass is 314 g/mol. The molecule has 0 saturated carbocycles. The molecule has 0 aliphatic heterocycles. The zero-order chi connectivity index (χ0) is 15.5. The second-order valence-electron chi connectivity index (χ2n) is 5.93. The topological polar surface area (TPSA) is 54.4 Å². The van der Waals surface area contributed by atoms with Crippen LogP contribution in [0.2, 0.25) is 0 Å². The molecular formula is C16H30N2O2S. The van der Waals surface area contributed by atoms with Gasteiger partial charge in [0.25, 0.3) is 0 Å². The van der Waals surface area contributed by atoms with E-state index in [9.17, 15) is 5.11 Å². The SMILES string of the molecule is Cc1ncsc1CCOCC(O)CNCCCCC(C)C. The molecule has 1 atom stereocenters. The van der Waals surface area contributed by atoms with Crippen LogP contribution in [-0.4, -0.2) is 42.5 Å². The Morgan fingerprint density at radius 1 is 1.38 bits per heavy atom. The predicted molar refractivity (Wildman–Crippen MR) is 88.9 cm³/mol. The largest absolute Gasteiger partial charge is 0.389 e. The van der Waals surface area contributed by atoms with Crippen molar-refractivity contribution in [1.82, 2.24) is 10.3 Å². The Kier molecular flexibility index (Phi) is 9.83. The van der Waals surface area contributed by atoms with E-state index in [1.165, 1.54) is 24.1 Å². The number of aromatic nitrogens is 1. The van der Waals surface area contributed by atoms with Crippen LogP contribution in [0.15, 0.2) is 5.51 Å². The van der Waals surface area contributed by atoms with Crippen molar-refractivity contribution >= 4 is 11.3 Å². The maximum atomic E-state index is 9.81. The third kappa shape index (κ3) is 9.19. The minimum atomic E-state index is -0.419. The lowest BCUT2D eigenvalue weighted by Crippen LogP contribution is -2.31. The zero-order valence-corrected chi connectivity index (χ0v) is 14.4. The molecule has 1 aromatic rings. The summed E-state index contributed by atoms with van der Waals surface area (Å²) in [5.74, 6) is 0.783. The molecule has 2 N–H and O–H groups in total. The molecule has 0 fully saturated rings. The highest BCUT2D eigenvalue weighted by atomic mass is 32.1. The third-order valence-electron chi connectivity index (χ3n) is 3.39. The summed E-state index contributed by atoms with van der Waals surface area (Å²) >= 11 is 1.67. The van der Waals surface area contributed by atoms with Crippen LogP contribution in [0.1, 0.15) is 43.7 Å². The molecule has 1 heterocycles. The van der Waals surface area contributed by atoms with Gasteiger partial charge in [-0.05, 0) is 25.8 Å². The number of rotatable bonds is 12. The first kappa shape index (κ1) is 18.6. The van der Waals surface area contributed by atoms with E-state index in [2.05, 4.69) is 24.1 Å². The molecule has 0 radical (unpaired) electrons. The lowest BCUT2D eigenvalue weighted by Gasteiger charge is -2.12. The minimum absolute atomic E-state index is 0.400. The Balaban J connectivity index is 1.92. The molecule has 0 aliphatic carbocycles. The van der Waals surface area contributed by atoms with E-state index in [1.807, 2.05) is 12.4 Å². The number of hydrogen-bond acceptors (Lipinski definition) is 5. The highest BCUT2D eigenvalue weighted by Crippen LogP contribution is 2.12. The molecule has 0 aromatic carbocycles. The first-order valence-corrected chi connectivity index (χ1v) is 8.83. The van der Waals surface area contributed by atoms with Crippen LogP contribution in [0.5, 0.6) is 0 Å². The van der Waals surface area contributed by atoms with Gasteiger partial charge >= 0.3 is 0 Å². The van der Waals surface area contributed by atoms with Crippen molar-refractivity contribution in [3.8, 4) is 0 Å². The Hall–Kier alpha value is -0.490. The zero-order valence-electron chi connectivity index (χ0n) is 13.6. The molecule has 1 aromatic heterocycles. The second kappa shape index (κ2) is 11.1. The molecule has 1 unspecified atom stereocenters. The Morgan fingerprint density at radius 2 is 2.19 bits per heavy atom. The molecule has 0 amide bonds. The van der Waals surface area contributed by atoms with E-state index in [1.54, 1.807) is 11.3 Å². The standard InChI is InChI=1S/C16H30N2O2S/c1-13(2)6-4-5-8-17-10-15(19)11-20-9-7-16-14(3)18-12-21-16/h12-13,15,17,19H,4-11H2,1-3H3. The second-order valence-corrected chi connectivity index (χ2v) is 6.87. The predicted octanol–water partition coefficient (Wildman–Crippen LogP) is 2.79. The fourth-order valence-electron chi connectivity index (χ4n) is 2.08. The van der Waals surface area contributed by atoms with E-state index in [4.69, 9.17) is 4.74 Å². The van der Waals surface area contributed by atoms with Crippen LogP contribution in [0, 0.1) is 12.8 Å². The first-order valence-electron chi connectivity index (χ1n) is 7.95. The molecule has 5 heteroatoms. The summed E-state index contributed by atoms with van der Waals surface area (Å²) in [6, 6.07) is 0. The number of nitrogens with zero attached hydrogens (tertiary/aromatic N) is 1. The Bertz CT molecular complexity index is 369. The van der Waals surface area contributed by atoms with Gasteiger partial charge in [-0.1, -0.05) is 26.7 Å². The molecule has 1 rings (SSSR count). The quantitative estimate of drug-likeness (QED) is 0.583. The smallest absolute Gasteiger partial charge is 0.0897 e. The van der Waals surface area contributed by atoms with Crippen LogP contribution in [-0.2, 0) is 11.2 Å². The number of ether oxygens (including phenoxy) is 1. The highest BCUT2D eigenvalue weighted by Gasteiger charge is 2.05. The molecule has 122 valence electrons. The van der Waals surface area contributed by atoms with Gasteiger partial charge in [0.1, 0.15) is 0 Å². The van der Waals surface area contributed by atoms with Gasteiger partial charge in [-0.3, -0.25) is 0 Å². The van der Waals surface area contributed by atoms with Crippen molar-refractivity contribution in [2.75, 3.05) is 26.3 Å². The number of thiazole rings is 1. The maximum Gasteiger partial charge on any atom is 0.0897 e. The van der Waals surface area contributed by atoms with Gasteiger partial charge in [0.05, 0.1) is 30.5 Å². The van der Waals surface area contributed by atoms with Gasteiger partial charge < -0.3 is 15.2 Å². The van der Waals surface area contributed by atoms with Crippen molar-refractivity contribution in [3.63, 3.8) is 0 Å². The minimum Gasteiger partial charge on any atom is -0.389 e. The van der Waals surface area contributed by atoms with Gasteiger partial charge in [-0.15, -0.1) is 11.3 Å². The van der Waals surface area contributed by atoms with E-state index < -0.39 is 6.10 Å². The van der Waals surface area contributed by atoms with E-state index >= 15 is 0 Å². The van der Waals surface area contributed by atoms with E-state index in [-0.39, 0.29) is 0 Å². The van der Waals surface area contributed by atoms with Crippen molar-refractivity contribution in [2.45, 2.75) is 52.6 Å². The Labute approximate surface area is 132 Å². The van der Waals surface area contributed by atoms with E-state index in [0.717, 1.165) is 24.6 Å². The summed E-state index contributed by atoms with van der Waals surface area (Å²) < 4.78 is 5.52. The van der Waals surface area contributed by atoms with Crippen LogP contribution >= 0.6 is 11.3 Å². The molecule has 0 bridgehead atoms. The van der Waals surface area contributed by atoms with Gasteiger partial charge in [-0.2, -0.15) is 0 Å². The van der Waals surface area contributed by atoms with Gasteiger partial charge in [-0.25, -0.2) is 4.98 Å². The lowest BCUT2D eigenvalue weighted by molar-refractivity contribution is 0.0385. The Morgan fingerprint density at radius 3 is 2.86 bits per heavy atom. The van der Waals surface area contributed by atoms with Crippen molar-refractivity contribution in [2.24, 2.45) is 5.92 Å². The summed E-state index contributed by atoms with van der Waals surface area (Å²) in [5.41, 5.74) is 2.95. The van der Waals surface area contributed by atoms with Crippen molar-refractivity contribution < 1.29 is 9.84 Å². The molecule has 0 saturated heterocycles. The summed E-state index contributed by atoms with van der Waals surface area (Å²) in [7, 11) is 0. The summed E-state index contributed by atoms with van der Waals surface area (Å²) in [6.45, 7) is 9.16. The number of aliphatic hydroxyl groups is 1. The van der Waals surface area contributed by atoms with Crippen LogP contribution < -0.4 is 5.32 Å². The van der Waals surface area contributed by atoms with Crippen molar-refractivity contribution in [3.05, 3.63) is 16.1 Å². The average Bonchev–Trinajstić information content (AvgIpc) is 2.84. The van der Waals surface area contributed by atoms with Crippen LogP contribution in [0.25, 0.3) is 0 Å². The van der Waals surface area contributed by atoms with Crippen LogP contribution in [0.3, 0.4) is 0 Å². The molecule has 0 spiro atoms. The number of hydrogen-bond donors (Lipinski definition) is 2. The van der Waals surface area contributed by atoms with E-state index in [0.29, 0.717) is 19.8 Å². The number of nitrogens with one attached hydrogen (secondary N) is 1. The summed E-state index contributed by atoms with van der Waals surface area (Å²) in [4.78, 5) is 5.48. The van der Waals surface area contributed by atoms with Crippen molar-refractivity contribution in [1.29, 1.82) is 0 Å². The normalized spacial score (nSPS) is 13.0.